The van der Waals surface area contributed by atoms with Gasteiger partial charge in [-0.25, -0.2) is 23.7 Å². The van der Waals surface area contributed by atoms with Gasteiger partial charge in [-0.3, -0.25) is 23.4 Å². The van der Waals surface area contributed by atoms with Crippen LogP contribution in [0.4, 0.5) is 20.5 Å². The van der Waals surface area contributed by atoms with Crippen molar-refractivity contribution in [2.24, 2.45) is 0 Å². The maximum Gasteiger partial charge on any atom is 0.325 e. The highest BCUT2D eigenvalue weighted by molar-refractivity contribution is 8.07. The molecule has 1 saturated carbocycles. The fraction of sp³-hybridized carbons (Fsp3) is 0.526. The van der Waals surface area contributed by atoms with E-state index in [9.17, 15) is 19.9 Å². The van der Waals surface area contributed by atoms with E-state index in [0.717, 1.165) is 22.8 Å². The third-order valence-electron chi connectivity index (χ3n) is 7.26. The van der Waals surface area contributed by atoms with Gasteiger partial charge in [0, 0.05) is 0 Å². The molecule has 18 nitrogen and oxygen atoms in total. The number of halogens is 2. The van der Waals surface area contributed by atoms with E-state index in [-0.39, 0.29) is 34.1 Å². The number of nitrogens with one attached hydrogen (secondary N) is 1. The quantitative estimate of drug-likeness (QED) is 0.124. The predicted molar refractivity (Wildman–Crippen MR) is 142 cm³/mol. The van der Waals surface area contributed by atoms with Crippen LogP contribution in [0.25, 0.3) is 22.3 Å². The number of fused-ring (bicyclic) bond motifs is 3. The molecule has 7 rings (SSSR count). The number of hydrogen-bond donors (Lipinski definition) is 6. The Morgan fingerprint density at radius 3 is 2.74 bits per heavy atom. The molecule has 4 aromatic heterocycles. The molecule has 224 valence electrons. The number of alkyl halides is 2. The summed E-state index contributed by atoms with van der Waals surface area (Å²) >= 11 is 6.04. The second-order valence-corrected chi connectivity index (χ2v) is 13.8. The Bertz CT molecular complexity index is 1830. The van der Waals surface area contributed by atoms with Crippen molar-refractivity contribution in [3.63, 3.8) is 0 Å². The number of nitrogen functional groups attached to an aromatic ring is 2. The van der Waals surface area contributed by atoms with Crippen molar-refractivity contribution in [1.29, 1.82) is 0 Å². The van der Waals surface area contributed by atoms with Crippen molar-refractivity contribution in [2.75, 3.05) is 18.1 Å². The molecule has 6 heterocycles. The van der Waals surface area contributed by atoms with E-state index in [2.05, 4.69) is 35.2 Å². The van der Waals surface area contributed by atoms with E-state index < -0.39 is 72.0 Å². The molecular weight excluding hydrogens is 627 g/mol. The number of hydrogen-bond acceptors (Lipinski definition) is 16. The number of imidazole rings is 1. The van der Waals surface area contributed by atoms with Crippen LogP contribution in [0, 0.1) is 0 Å². The van der Waals surface area contributed by atoms with Crippen molar-refractivity contribution in [2.45, 2.75) is 53.1 Å². The zero-order valence-corrected chi connectivity index (χ0v) is 23.2. The Morgan fingerprint density at radius 2 is 2.02 bits per heavy atom. The molecule has 42 heavy (non-hydrogen) atoms. The SMILES string of the molecule is Nc1nc2c(ncn2[C@@H]2S[C@H](CO)[C@H](F)[C@H]2OP(O)(=S)OC2[C@H]3O[C@@H](n4nnc5c(N)ncnc54)[C@@H](F)[C@@]23O)c(=O)[nH]1. The minimum Gasteiger partial charge on any atom is -0.395 e. The molecule has 3 fully saturated rings. The molecule has 10 atom stereocenters. The van der Waals surface area contributed by atoms with E-state index in [1.54, 1.807) is 0 Å². The van der Waals surface area contributed by atoms with Crippen LogP contribution in [0.5, 0.6) is 0 Å². The fourth-order valence-electron chi connectivity index (χ4n) is 5.18. The van der Waals surface area contributed by atoms with Crippen LogP contribution in [0.2, 0.25) is 0 Å². The molecule has 0 bridgehead atoms. The van der Waals surface area contributed by atoms with Gasteiger partial charge in [0.15, 0.2) is 46.1 Å². The largest absolute Gasteiger partial charge is 0.395 e. The van der Waals surface area contributed by atoms with Gasteiger partial charge in [-0.15, -0.1) is 16.9 Å². The molecule has 1 aliphatic carbocycles. The topological polar surface area (TPSA) is 260 Å². The first kappa shape index (κ1) is 27.9. The van der Waals surface area contributed by atoms with Crippen molar-refractivity contribution in [1.82, 2.24) is 44.5 Å². The van der Waals surface area contributed by atoms with Crippen LogP contribution in [0.1, 0.15) is 11.6 Å². The van der Waals surface area contributed by atoms with Crippen LogP contribution in [-0.2, 0) is 25.6 Å². The minimum atomic E-state index is -4.40. The predicted octanol–water partition coefficient (Wildman–Crippen LogP) is -1.57. The third kappa shape index (κ3) is 4.05. The lowest BCUT2D eigenvalue weighted by molar-refractivity contribution is -0.0663. The standard InChI is InChI=1S/C19H20F2N11O7PS2/c20-5-4(1-33)42-17(31-3-26-7-14(31)27-18(23)28-15(7)34)8(5)38-40(36,41)39-11-10-19(11,35)9(21)16(37-10)32-13-6(29-30-32)12(22)24-2-25-13/h2-5,8-11,16-17,33,35H,1H2,(H,36,41)(H2,22,24,25)(H3,23,27,28,34)/t4-,5+,8-,9-,10-,11?,16-,17-,19+,40?/m1/s1. The van der Waals surface area contributed by atoms with Gasteiger partial charge in [0.2, 0.25) is 5.95 Å². The van der Waals surface area contributed by atoms with Gasteiger partial charge < -0.3 is 31.3 Å². The lowest BCUT2D eigenvalue weighted by atomic mass is 10.1. The van der Waals surface area contributed by atoms with Crippen LogP contribution in [0.3, 0.4) is 0 Å². The molecule has 2 unspecified atom stereocenters. The Morgan fingerprint density at radius 1 is 1.24 bits per heavy atom. The van der Waals surface area contributed by atoms with Gasteiger partial charge in [0.1, 0.15) is 36.2 Å². The average Bonchev–Trinajstić information content (AvgIpc) is 3.45. The summed E-state index contributed by atoms with van der Waals surface area (Å²) in [7, 11) is 0. The van der Waals surface area contributed by atoms with Crippen molar-refractivity contribution in [3.05, 3.63) is 23.0 Å². The summed E-state index contributed by atoms with van der Waals surface area (Å²) < 4.78 is 49.9. The Hall–Kier alpha value is -2.95. The second kappa shape index (κ2) is 9.53. The highest BCUT2D eigenvalue weighted by Gasteiger charge is 2.80. The maximum atomic E-state index is 15.5. The molecule has 0 amide bonds. The summed E-state index contributed by atoms with van der Waals surface area (Å²) in [5, 5.41) is 26.3. The highest BCUT2D eigenvalue weighted by Crippen LogP contribution is 2.63. The fourth-order valence-corrected chi connectivity index (χ4v) is 8.39. The summed E-state index contributed by atoms with van der Waals surface area (Å²) in [5.74, 6) is -0.209. The van der Waals surface area contributed by atoms with E-state index in [4.69, 9.17) is 37.1 Å². The molecular formula is C19H20F2N11O7PS2. The second-order valence-electron chi connectivity index (χ2n) is 9.73. The van der Waals surface area contributed by atoms with Crippen molar-refractivity contribution < 1.29 is 37.7 Å². The molecule has 8 N–H and O–H groups in total. The summed E-state index contributed by atoms with van der Waals surface area (Å²) in [6, 6.07) is 0. The number of aliphatic hydroxyl groups is 2. The number of nitrogens with zero attached hydrogens (tertiary/aromatic N) is 8. The molecule has 0 radical (unpaired) electrons. The number of aromatic amines is 1. The number of aliphatic hydroxyl groups excluding tert-OH is 1. The molecule has 4 aromatic rings. The van der Waals surface area contributed by atoms with Gasteiger partial charge in [-0.05, 0) is 11.8 Å². The van der Waals surface area contributed by atoms with Crippen LogP contribution < -0.4 is 17.0 Å². The summed E-state index contributed by atoms with van der Waals surface area (Å²) in [6.07, 6.45) is -7.47. The first-order valence-corrected chi connectivity index (χ1v) is 15.6. The Kier molecular flexibility index (Phi) is 6.32. The zero-order chi connectivity index (χ0) is 29.7. The molecule has 0 aromatic carbocycles. The monoisotopic (exact) mass is 647 g/mol. The van der Waals surface area contributed by atoms with Crippen LogP contribution >= 0.6 is 18.5 Å². The van der Waals surface area contributed by atoms with Gasteiger partial charge >= 0.3 is 6.72 Å². The lowest BCUT2D eigenvalue weighted by Gasteiger charge is -2.27. The number of aromatic nitrogens is 9. The number of thioether (sulfide) groups is 1. The number of anilines is 2. The lowest BCUT2D eigenvalue weighted by Crippen LogP contribution is -2.35. The Labute approximate surface area is 240 Å². The van der Waals surface area contributed by atoms with Crippen LogP contribution in [-0.4, -0.2) is 108 Å². The van der Waals surface area contributed by atoms with Crippen molar-refractivity contribution in [3.8, 4) is 0 Å². The number of nitrogens with two attached hydrogens (primary N) is 2. The minimum absolute atomic E-state index is 0.00119. The summed E-state index contributed by atoms with van der Waals surface area (Å²) in [4.78, 5) is 41.3. The number of rotatable bonds is 7. The summed E-state index contributed by atoms with van der Waals surface area (Å²) in [5.41, 5.74) is 8.58. The van der Waals surface area contributed by atoms with E-state index in [0.29, 0.717) is 0 Å². The van der Waals surface area contributed by atoms with Gasteiger partial charge in [0.05, 0.1) is 18.2 Å². The number of H-pyrrole nitrogens is 1. The van der Waals surface area contributed by atoms with E-state index in [1.807, 2.05) is 0 Å². The summed E-state index contributed by atoms with van der Waals surface area (Å²) in [6.45, 7) is -5.00. The zero-order valence-electron chi connectivity index (χ0n) is 20.7. The third-order valence-corrected chi connectivity index (χ3v) is 10.3. The van der Waals surface area contributed by atoms with E-state index in [1.165, 1.54) is 10.9 Å². The van der Waals surface area contributed by atoms with Crippen LogP contribution in [0.15, 0.2) is 17.4 Å². The first-order valence-electron chi connectivity index (χ1n) is 12.1. The maximum absolute atomic E-state index is 15.5. The number of ether oxygens (including phenoxy) is 1. The van der Waals surface area contributed by atoms with Crippen molar-refractivity contribution >= 4 is 64.4 Å². The highest BCUT2D eigenvalue weighted by atomic mass is 32.5. The Balaban J connectivity index is 1.11. The molecule has 0 spiro atoms. The molecule has 2 saturated heterocycles. The first-order chi connectivity index (χ1) is 19.9. The molecule has 23 heteroatoms. The van der Waals surface area contributed by atoms with E-state index >= 15 is 8.78 Å². The van der Waals surface area contributed by atoms with Gasteiger partial charge in [-0.2, -0.15) is 9.67 Å². The molecule has 3 aliphatic rings. The van der Waals surface area contributed by atoms with Gasteiger partial charge in [-0.1, -0.05) is 5.21 Å². The average molecular weight is 648 g/mol. The van der Waals surface area contributed by atoms with Gasteiger partial charge in [0.25, 0.3) is 5.56 Å². The smallest absolute Gasteiger partial charge is 0.325 e. The normalized spacial score (nSPS) is 35.5. The molecule has 2 aliphatic heterocycles.